The van der Waals surface area contributed by atoms with Gasteiger partial charge < -0.3 is 10.6 Å². The Morgan fingerprint density at radius 2 is 1.80 bits per heavy atom. The van der Waals surface area contributed by atoms with Crippen molar-refractivity contribution in [1.29, 1.82) is 0 Å². The first-order valence-corrected chi connectivity index (χ1v) is 6.40. The van der Waals surface area contributed by atoms with Gasteiger partial charge in [0.25, 0.3) is 0 Å². The molecule has 1 aromatic carbocycles. The lowest BCUT2D eigenvalue weighted by Gasteiger charge is -2.16. The first kappa shape index (κ1) is 12.0. The first-order valence-electron chi connectivity index (χ1n) is 4.75. The maximum atomic E-state index is 11.5. The molecule has 0 fully saturated rings. The van der Waals surface area contributed by atoms with Crippen LogP contribution < -0.4 is 10.6 Å². The van der Waals surface area contributed by atoms with Crippen molar-refractivity contribution in [2.75, 3.05) is 24.4 Å². The van der Waals surface area contributed by atoms with Gasteiger partial charge in [-0.25, -0.2) is 8.42 Å². The Bertz CT molecular complexity index is 412. The van der Waals surface area contributed by atoms with Gasteiger partial charge in [0.1, 0.15) is 0 Å². The summed E-state index contributed by atoms with van der Waals surface area (Å²) in [7, 11) is -1.25. The van der Waals surface area contributed by atoms with Gasteiger partial charge >= 0.3 is 0 Å². The molecule has 0 atom stereocenters. The van der Waals surface area contributed by atoms with E-state index in [1.165, 1.54) is 0 Å². The first-order chi connectivity index (χ1) is 7.01. The van der Waals surface area contributed by atoms with Crippen molar-refractivity contribution in [3.8, 4) is 0 Å². The smallest absolute Gasteiger partial charge is 0.178 e. The molecule has 0 amide bonds. The van der Waals surface area contributed by atoms with E-state index in [0.717, 1.165) is 5.69 Å². The van der Waals surface area contributed by atoms with Gasteiger partial charge in [0.05, 0.1) is 17.3 Å². The Kier molecular flexibility index (Phi) is 3.71. The Morgan fingerprint density at radius 3 is 2.20 bits per heavy atom. The zero-order chi connectivity index (χ0) is 11.5. The number of hydrogen-bond acceptors (Lipinski definition) is 4. The molecule has 0 aliphatic rings. The Hall–Kier alpha value is -1.07. The second-order valence-electron chi connectivity index (χ2n) is 3.28. The lowest BCUT2D eigenvalue weighted by molar-refractivity contribution is 0.597. The average Bonchev–Trinajstić information content (AvgIpc) is 2.28. The fraction of sp³-hybridized carbons (Fsp3) is 0.400. The summed E-state index contributed by atoms with van der Waals surface area (Å²) < 4.78 is 23.0. The van der Waals surface area contributed by atoms with Crippen molar-refractivity contribution in [2.24, 2.45) is 5.73 Å². The second-order valence-corrected chi connectivity index (χ2v) is 5.56. The standard InChI is InChI=1S/C10H16N2O2S/c1-3-15(13,14)10-6-4-9(5-7-10)12(2)8-11/h4-7H,3,8,11H2,1-2H3. The van der Waals surface area contributed by atoms with Crippen LogP contribution in [0, 0.1) is 0 Å². The number of rotatable bonds is 4. The lowest BCUT2D eigenvalue weighted by Crippen LogP contribution is -2.24. The third-order valence-corrected chi connectivity index (χ3v) is 4.04. The van der Waals surface area contributed by atoms with E-state index in [0.29, 0.717) is 11.6 Å². The quantitative estimate of drug-likeness (QED) is 0.775. The van der Waals surface area contributed by atoms with E-state index in [1.54, 1.807) is 31.2 Å². The highest BCUT2D eigenvalue weighted by Crippen LogP contribution is 2.17. The van der Waals surface area contributed by atoms with Crippen LogP contribution in [0.3, 0.4) is 0 Å². The lowest BCUT2D eigenvalue weighted by atomic mass is 10.3. The molecule has 5 heteroatoms. The van der Waals surface area contributed by atoms with Gasteiger partial charge in [-0.3, -0.25) is 0 Å². The normalized spacial score (nSPS) is 11.4. The summed E-state index contributed by atoms with van der Waals surface area (Å²) >= 11 is 0. The van der Waals surface area contributed by atoms with Crippen molar-refractivity contribution in [2.45, 2.75) is 11.8 Å². The predicted molar refractivity (Wildman–Crippen MR) is 61.6 cm³/mol. The van der Waals surface area contributed by atoms with Gasteiger partial charge in [0.2, 0.25) is 0 Å². The van der Waals surface area contributed by atoms with Crippen LogP contribution in [0.2, 0.25) is 0 Å². The van der Waals surface area contributed by atoms with Crippen molar-refractivity contribution in [1.82, 2.24) is 0 Å². The molecule has 2 N–H and O–H groups in total. The average molecular weight is 228 g/mol. The minimum absolute atomic E-state index is 0.124. The molecule has 1 aromatic rings. The van der Waals surface area contributed by atoms with Crippen LogP contribution in [0.5, 0.6) is 0 Å². The van der Waals surface area contributed by atoms with E-state index >= 15 is 0 Å². The molecule has 15 heavy (non-hydrogen) atoms. The van der Waals surface area contributed by atoms with Crippen LogP contribution in [-0.2, 0) is 9.84 Å². The van der Waals surface area contributed by atoms with E-state index in [-0.39, 0.29) is 5.75 Å². The van der Waals surface area contributed by atoms with Gasteiger partial charge in [-0.05, 0) is 24.3 Å². The monoisotopic (exact) mass is 228 g/mol. The van der Waals surface area contributed by atoms with Crippen LogP contribution in [0.4, 0.5) is 5.69 Å². The van der Waals surface area contributed by atoms with Crippen molar-refractivity contribution >= 4 is 15.5 Å². The number of nitrogens with zero attached hydrogens (tertiary/aromatic N) is 1. The summed E-state index contributed by atoms with van der Waals surface area (Å²) in [4.78, 5) is 2.20. The molecule has 84 valence electrons. The molecule has 0 bridgehead atoms. The summed E-state index contributed by atoms with van der Waals surface area (Å²) in [5.74, 6) is 0.124. The highest BCUT2D eigenvalue weighted by Gasteiger charge is 2.10. The Morgan fingerprint density at radius 1 is 1.27 bits per heavy atom. The number of nitrogens with two attached hydrogens (primary N) is 1. The van der Waals surface area contributed by atoms with Crippen LogP contribution >= 0.6 is 0 Å². The van der Waals surface area contributed by atoms with E-state index in [1.807, 2.05) is 11.9 Å². The molecule has 0 heterocycles. The summed E-state index contributed by atoms with van der Waals surface area (Å²) in [6.07, 6.45) is 0. The Balaban J connectivity index is 3.00. The molecule has 0 aliphatic heterocycles. The third kappa shape index (κ3) is 2.70. The van der Waals surface area contributed by atoms with Crippen molar-refractivity contribution in [3.05, 3.63) is 24.3 Å². The molecule has 0 aromatic heterocycles. The van der Waals surface area contributed by atoms with Crippen LogP contribution in [0.25, 0.3) is 0 Å². The Labute approximate surface area is 90.6 Å². The highest BCUT2D eigenvalue weighted by atomic mass is 32.2. The van der Waals surface area contributed by atoms with E-state index < -0.39 is 9.84 Å². The topological polar surface area (TPSA) is 63.4 Å². The molecule has 0 saturated heterocycles. The highest BCUT2D eigenvalue weighted by molar-refractivity contribution is 7.91. The van der Waals surface area contributed by atoms with Crippen LogP contribution in [-0.4, -0.2) is 27.9 Å². The largest absolute Gasteiger partial charge is 0.362 e. The van der Waals surface area contributed by atoms with Gasteiger partial charge in [-0.1, -0.05) is 6.92 Å². The summed E-state index contributed by atoms with van der Waals surface area (Å²) in [6.45, 7) is 2.04. The van der Waals surface area contributed by atoms with Gasteiger partial charge in [-0.15, -0.1) is 0 Å². The van der Waals surface area contributed by atoms with E-state index in [4.69, 9.17) is 5.73 Å². The predicted octanol–water partition coefficient (Wildman–Crippen LogP) is 0.833. The van der Waals surface area contributed by atoms with E-state index in [2.05, 4.69) is 0 Å². The number of benzene rings is 1. The molecule has 4 nitrogen and oxygen atoms in total. The minimum atomic E-state index is -3.10. The zero-order valence-electron chi connectivity index (χ0n) is 8.97. The fourth-order valence-electron chi connectivity index (χ4n) is 1.18. The van der Waals surface area contributed by atoms with Crippen LogP contribution in [0.1, 0.15) is 6.92 Å². The van der Waals surface area contributed by atoms with Crippen LogP contribution in [0.15, 0.2) is 29.2 Å². The molecular formula is C10H16N2O2S. The molecule has 0 unspecified atom stereocenters. The van der Waals surface area contributed by atoms with Gasteiger partial charge in [0, 0.05) is 12.7 Å². The van der Waals surface area contributed by atoms with Crippen molar-refractivity contribution < 1.29 is 8.42 Å². The van der Waals surface area contributed by atoms with Gasteiger partial charge in [0.15, 0.2) is 9.84 Å². The summed E-state index contributed by atoms with van der Waals surface area (Å²) in [5.41, 5.74) is 6.37. The molecule has 0 radical (unpaired) electrons. The van der Waals surface area contributed by atoms with E-state index in [9.17, 15) is 8.42 Å². The molecular weight excluding hydrogens is 212 g/mol. The second kappa shape index (κ2) is 4.63. The SMILES string of the molecule is CCS(=O)(=O)c1ccc(N(C)CN)cc1. The maximum Gasteiger partial charge on any atom is 0.178 e. The zero-order valence-corrected chi connectivity index (χ0v) is 9.79. The third-order valence-electron chi connectivity index (χ3n) is 2.29. The molecule has 0 saturated carbocycles. The molecule has 1 rings (SSSR count). The van der Waals surface area contributed by atoms with Crippen molar-refractivity contribution in [3.63, 3.8) is 0 Å². The molecule has 0 spiro atoms. The van der Waals surface area contributed by atoms with Gasteiger partial charge in [-0.2, -0.15) is 0 Å². The number of sulfone groups is 1. The molecule has 0 aliphatic carbocycles. The summed E-state index contributed by atoms with van der Waals surface area (Å²) in [6, 6.07) is 6.74. The number of anilines is 1. The maximum absolute atomic E-state index is 11.5. The number of hydrogen-bond donors (Lipinski definition) is 1. The minimum Gasteiger partial charge on any atom is -0.362 e. The summed E-state index contributed by atoms with van der Waals surface area (Å²) in [5, 5.41) is 0. The fourth-order valence-corrected chi connectivity index (χ4v) is 2.06.